The van der Waals surface area contributed by atoms with E-state index in [4.69, 9.17) is 4.74 Å². The topological polar surface area (TPSA) is 75.6 Å². The van der Waals surface area contributed by atoms with Crippen LogP contribution in [0.5, 0.6) is 0 Å². The summed E-state index contributed by atoms with van der Waals surface area (Å²) in [5, 5.41) is 14.0. The molecular formula is C18H21NO4. The molecule has 0 aliphatic heterocycles. The van der Waals surface area contributed by atoms with Gasteiger partial charge in [-0.05, 0) is 35.7 Å². The van der Waals surface area contributed by atoms with Crippen molar-refractivity contribution >= 4 is 22.6 Å². The van der Waals surface area contributed by atoms with Gasteiger partial charge in [-0.1, -0.05) is 36.4 Å². The second kappa shape index (κ2) is 7.74. The summed E-state index contributed by atoms with van der Waals surface area (Å²) in [6.45, 7) is 1.87. The van der Waals surface area contributed by atoms with Crippen LogP contribution in [0, 0.1) is 0 Å². The molecule has 0 aliphatic carbocycles. The predicted octanol–water partition coefficient (Wildman–Crippen LogP) is 2.90. The van der Waals surface area contributed by atoms with Crippen LogP contribution < -0.4 is 5.32 Å². The van der Waals surface area contributed by atoms with Crippen LogP contribution >= 0.6 is 0 Å². The molecule has 0 aliphatic rings. The van der Waals surface area contributed by atoms with E-state index in [1.165, 1.54) is 0 Å². The van der Waals surface area contributed by atoms with E-state index in [1.807, 2.05) is 37.3 Å². The monoisotopic (exact) mass is 315 g/mol. The first-order chi connectivity index (χ1) is 11.0. The Morgan fingerprint density at radius 3 is 2.52 bits per heavy atom. The van der Waals surface area contributed by atoms with Crippen molar-refractivity contribution < 1.29 is 19.4 Å². The first-order valence-corrected chi connectivity index (χ1v) is 7.55. The molecule has 1 amide bonds. The molecule has 0 aromatic heterocycles. The van der Waals surface area contributed by atoms with Gasteiger partial charge in [0.1, 0.15) is 0 Å². The third kappa shape index (κ3) is 4.53. The van der Waals surface area contributed by atoms with Crippen LogP contribution in [0.3, 0.4) is 0 Å². The average molecular weight is 315 g/mol. The lowest BCUT2D eigenvalue weighted by Gasteiger charge is -2.16. The summed E-state index contributed by atoms with van der Waals surface area (Å²) >= 11 is 0. The number of carboxylic acid groups (broad SMARTS) is 1. The van der Waals surface area contributed by atoms with Crippen LogP contribution in [0.4, 0.5) is 0 Å². The van der Waals surface area contributed by atoms with Crippen molar-refractivity contribution in [2.24, 2.45) is 0 Å². The molecular weight excluding hydrogens is 294 g/mol. The number of carbonyl (C=O) groups is 2. The molecule has 2 N–H and O–H groups in total. The molecule has 2 aromatic rings. The van der Waals surface area contributed by atoms with E-state index in [2.05, 4.69) is 5.32 Å². The summed E-state index contributed by atoms with van der Waals surface area (Å²) in [7, 11) is 1.58. The highest BCUT2D eigenvalue weighted by Gasteiger charge is 2.22. The van der Waals surface area contributed by atoms with Gasteiger partial charge in [-0.2, -0.15) is 0 Å². The summed E-state index contributed by atoms with van der Waals surface area (Å²) in [5.74, 6) is -1.37. The Hall–Kier alpha value is -2.40. The normalized spacial score (nSPS) is 13.5. The molecule has 0 saturated heterocycles. The van der Waals surface area contributed by atoms with Crippen molar-refractivity contribution in [2.75, 3.05) is 7.11 Å². The number of carbonyl (C=O) groups excluding carboxylic acids is 1. The number of aliphatic carboxylic acids is 1. The molecule has 0 radical (unpaired) electrons. The quantitative estimate of drug-likeness (QED) is 0.824. The number of hydrogen-bond donors (Lipinski definition) is 2. The molecule has 0 bridgehead atoms. The molecule has 0 heterocycles. The van der Waals surface area contributed by atoms with E-state index in [-0.39, 0.29) is 18.4 Å². The van der Waals surface area contributed by atoms with Crippen LogP contribution in [0.25, 0.3) is 10.8 Å². The number of rotatable bonds is 7. The fraction of sp³-hybridized carbons (Fsp3) is 0.333. The first-order valence-electron chi connectivity index (χ1n) is 7.55. The van der Waals surface area contributed by atoms with Gasteiger partial charge in [-0.3, -0.25) is 4.79 Å². The summed E-state index contributed by atoms with van der Waals surface area (Å²) < 4.78 is 5.09. The number of amides is 1. The zero-order valence-electron chi connectivity index (χ0n) is 13.3. The Labute approximate surface area is 135 Å². The minimum atomic E-state index is -1.08. The van der Waals surface area contributed by atoms with E-state index in [0.29, 0.717) is 12.0 Å². The predicted molar refractivity (Wildman–Crippen MR) is 88.2 cm³/mol. The van der Waals surface area contributed by atoms with Crippen molar-refractivity contribution in [3.05, 3.63) is 48.0 Å². The van der Waals surface area contributed by atoms with Crippen LogP contribution in [-0.2, 0) is 14.3 Å². The van der Waals surface area contributed by atoms with Crippen molar-refractivity contribution in [3.8, 4) is 0 Å². The van der Waals surface area contributed by atoms with Gasteiger partial charge in [0.05, 0.1) is 6.10 Å². The highest BCUT2D eigenvalue weighted by Crippen LogP contribution is 2.21. The Balaban J connectivity index is 2.13. The summed E-state index contributed by atoms with van der Waals surface area (Å²) in [6.07, 6.45) is 0.739. The molecule has 2 atom stereocenters. The van der Waals surface area contributed by atoms with Gasteiger partial charge in [-0.25, -0.2) is 4.79 Å². The fourth-order valence-electron chi connectivity index (χ4n) is 2.36. The fourth-order valence-corrected chi connectivity index (χ4v) is 2.36. The highest BCUT2D eigenvalue weighted by atomic mass is 16.5. The Morgan fingerprint density at radius 1 is 1.17 bits per heavy atom. The number of carboxylic acids is 1. The van der Waals surface area contributed by atoms with Crippen molar-refractivity contribution in [3.63, 3.8) is 0 Å². The number of hydrogen-bond acceptors (Lipinski definition) is 3. The average Bonchev–Trinajstić information content (AvgIpc) is 2.56. The van der Waals surface area contributed by atoms with Crippen LogP contribution in [0.15, 0.2) is 42.5 Å². The number of nitrogens with one attached hydrogen (secondary N) is 1. The minimum Gasteiger partial charge on any atom is -0.479 e. The lowest BCUT2D eigenvalue weighted by Crippen LogP contribution is -2.34. The minimum absolute atomic E-state index is 0.0373. The largest absolute Gasteiger partial charge is 0.479 e. The van der Waals surface area contributed by atoms with Crippen LogP contribution in [-0.4, -0.2) is 30.2 Å². The van der Waals surface area contributed by atoms with Gasteiger partial charge in [0, 0.05) is 13.5 Å². The summed E-state index contributed by atoms with van der Waals surface area (Å²) in [4.78, 5) is 23.5. The molecule has 5 heteroatoms. The Kier molecular flexibility index (Phi) is 5.71. The second-order valence-corrected chi connectivity index (χ2v) is 5.53. The third-order valence-corrected chi connectivity index (χ3v) is 3.84. The van der Waals surface area contributed by atoms with E-state index in [0.717, 1.165) is 10.8 Å². The standard InChI is InChI=1S/C18H21NO4/c1-12(23-2)7-10-16(20)19-17(18(21)22)15-9-8-13-5-3-4-6-14(13)11-15/h3-6,8-9,11-12,17H,7,10H2,1-2H3,(H,19,20)(H,21,22). The van der Waals surface area contributed by atoms with Gasteiger partial charge in [-0.15, -0.1) is 0 Å². The lowest BCUT2D eigenvalue weighted by atomic mass is 10.0. The van der Waals surface area contributed by atoms with Gasteiger partial charge < -0.3 is 15.2 Å². The Bertz CT molecular complexity index is 698. The Morgan fingerprint density at radius 2 is 1.87 bits per heavy atom. The maximum absolute atomic E-state index is 12.0. The van der Waals surface area contributed by atoms with Crippen molar-refractivity contribution in [1.29, 1.82) is 0 Å². The number of methoxy groups -OCH3 is 1. The molecule has 2 rings (SSSR count). The van der Waals surface area contributed by atoms with Gasteiger partial charge >= 0.3 is 5.97 Å². The van der Waals surface area contributed by atoms with Crippen molar-refractivity contribution in [1.82, 2.24) is 5.32 Å². The van der Waals surface area contributed by atoms with Crippen LogP contribution in [0.1, 0.15) is 31.4 Å². The first kappa shape index (κ1) is 17.0. The zero-order valence-corrected chi connectivity index (χ0v) is 13.3. The molecule has 0 saturated carbocycles. The zero-order chi connectivity index (χ0) is 16.8. The SMILES string of the molecule is COC(C)CCC(=O)NC(C(=O)O)c1ccc2ccccc2c1. The molecule has 0 fully saturated rings. The molecule has 0 spiro atoms. The second-order valence-electron chi connectivity index (χ2n) is 5.53. The van der Waals surface area contributed by atoms with Gasteiger partial charge in [0.15, 0.2) is 6.04 Å². The summed E-state index contributed by atoms with van der Waals surface area (Å²) in [5.41, 5.74) is 0.560. The number of fused-ring (bicyclic) bond motifs is 1. The van der Waals surface area contributed by atoms with E-state index >= 15 is 0 Å². The molecule has 23 heavy (non-hydrogen) atoms. The van der Waals surface area contributed by atoms with E-state index < -0.39 is 12.0 Å². The highest BCUT2D eigenvalue weighted by molar-refractivity contribution is 5.88. The maximum Gasteiger partial charge on any atom is 0.330 e. The van der Waals surface area contributed by atoms with Gasteiger partial charge in [0.25, 0.3) is 0 Å². The lowest BCUT2D eigenvalue weighted by molar-refractivity contribution is -0.142. The number of benzene rings is 2. The smallest absolute Gasteiger partial charge is 0.330 e. The summed E-state index contributed by atoms with van der Waals surface area (Å²) in [6, 6.07) is 12.0. The van der Waals surface area contributed by atoms with Crippen LogP contribution in [0.2, 0.25) is 0 Å². The molecule has 2 aromatic carbocycles. The molecule has 2 unspecified atom stereocenters. The van der Waals surface area contributed by atoms with E-state index in [9.17, 15) is 14.7 Å². The number of ether oxygens (including phenoxy) is 1. The van der Waals surface area contributed by atoms with E-state index in [1.54, 1.807) is 19.2 Å². The molecule has 5 nitrogen and oxygen atoms in total. The third-order valence-electron chi connectivity index (χ3n) is 3.84. The maximum atomic E-state index is 12.0. The van der Waals surface area contributed by atoms with Gasteiger partial charge in [0.2, 0.25) is 5.91 Å². The molecule has 122 valence electrons. The van der Waals surface area contributed by atoms with Crippen molar-refractivity contribution in [2.45, 2.75) is 31.9 Å².